The maximum Gasteiger partial charge on any atom is 0.340 e. The van der Waals surface area contributed by atoms with Gasteiger partial charge in [-0.1, -0.05) is 31.2 Å². The van der Waals surface area contributed by atoms with Gasteiger partial charge >= 0.3 is 5.97 Å². The van der Waals surface area contributed by atoms with Crippen molar-refractivity contribution < 1.29 is 13.9 Å². The molecule has 0 aliphatic heterocycles. The number of esters is 1. The molecular weight excluding hydrogens is 269 g/mol. The van der Waals surface area contributed by atoms with Crippen LogP contribution in [0.15, 0.2) is 42.5 Å². The Hall–Kier alpha value is -2.36. The van der Waals surface area contributed by atoms with Crippen LogP contribution in [0.5, 0.6) is 0 Å². The predicted octanol–water partition coefficient (Wildman–Crippen LogP) is 3.79. The lowest BCUT2D eigenvalue weighted by molar-refractivity contribution is 0.0601. The van der Waals surface area contributed by atoms with Gasteiger partial charge in [0.05, 0.1) is 12.7 Å². The highest BCUT2D eigenvalue weighted by Gasteiger charge is 2.12. The van der Waals surface area contributed by atoms with Crippen LogP contribution >= 0.6 is 0 Å². The summed E-state index contributed by atoms with van der Waals surface area (Å²) in [5, 5.41) is 3.14. The van der Waals surface area contributed by atoms with Crippen LogP contribution in [0.4, 0.5) is 10.1 Å². The van der Waals surface area contributed by atoms with Crippen molar-refractivity contribution in [2.45, 2.75) is 19.9 Å². The molecule has 0 amide bonds. The molecule has 0 atom stereocenters. The number of hydrogen-bond donors (Lipinski definition) is 1. The highest BCUT2D eigenvalue weighted by atomic mass is 19.1. The summed E-state index contributed by atoms with van der Waals surface area (Å²) in [7, 11) is 1.28. The maximum atomic E-state index is 13.3. The highest BCUT2D eigenvalue weighted by Crippen LogP contribution is 2.19. The minimum absolute atomic E-state index is 0.197. The number of hydrogen-bond acceptors (Lipinski definition) is 3. The predicted molar refractivity (Wildman–Crippen MR) is 80.9 cm³/mol. The molecule has 0 aliphatic carbocycles. The van der Waals surface area contributed by atoms with Gasteiger partial charge in [-0.3, -0.25) is 0 Å². The Bertz CT molecular complexity index is 623. The van der Waals surface area contributed by atoms with Crippen molar-refractivity contribution in [3.8, 4) is 0 Å². The number of methoxy groups -OCH3 is 1. The van der Waals surface area contributed by atoms with Crippen LogP contribution in [0.1, 0.15) is 28.4 Å². The second-order valence-electron chi connectivity index (χ2n) is 4.71. The van der Waals surface area contributed by atoms with Gasteiger partial charge in [0.1, 0.15) is 5.82 Å². The van der Waals surface area contributed by atoms with Gasteiger partial charge in [-0.15, -0.1) is 0 Å². The molecule has 0 saturated carbocycles. The van der Waals surface area contributed by atoms with E-state index in [4.69, 9.17) is 0 Å². The van der Waals surface area contributed by atoms with Crippen LogP contribution in [0.2, 0.25) is 0 Å². The van der Waals surface area contributed by atoms with Gasteiger partial charge in [-0.05, 0) is 35.7 Å². The molecule has 0 fully saturated rings. The Morgan fingerprint density at radius 3 is 2.43 bits per heavy atom. The molecule has 0 heterocycles. The summed E-state index contributed by atoms with van der Waals surface area (Å²) in [6, 6.07) is 12.2. The standard InChI is InChI=1S/C17H18FNO2/c1-3-12-4-6-13(7-5-12)11-19-16-9-8-14(18)10-15(16)17(20)21-2/h4-10,19H,3,11H2,1-2H3. The molecule has 2 aromatic carbocycles. The summed E-state index contributed by atoms with van der Waals surface area (Å²) in [5.74, 6) is -1.02. The second-order valence-corrected chi connectivity index (χ2v) is 4.71. The number of anilines is 1. The third-order valence-electron chi connectivity index (χ3n) is 3.30. The van der Waals surface area contributed by atoms with Crippen molar-refractivity contribution in [1.29, 1.82) is 0 Å². The van der Waals surface area contributed by atoms with Gasteiger partial charge in [0, 0.05) is 12.2 Å². The number of benzene rings is 2. The van der Waals surface area contributed by atoms with Crippen molar-refractivity contribution in [3.63, 3.8) is 0 Å². The van der Waals surface area contributed by atoms with Gasteiger partial charge in [-0.25, -0.2) is 9.18 Å². The third kappa shape index (κ3) is 3.81. The molecule has 3 nitrogen and oxygen atoms in total. The summed E-state index contributed by atoms with van der Waals surface area (Å²) in [6.07, 6.45) is 0.998. The molecule has 1 N–H and O–H groups in total. The first-order valence-corrected chi connectivity index (χ1v) is 6.83. The molecule has 0 unspecified atom stereocenters. The zero-order valence-corrected chi connectivity index (χ0v) is 12.2. The summed E-state index contributed by atoms with van der Waals surface area (Å²) >= 11 is 0. The van der Waals surface area contributed by atoms with Crippen LogP contribution in [0.3, 0.4) is 0 Å². The summed E-state index contributed by atoms with van der Waals surface area (Å²) in [4.78, 5) is 11.7. The van der Waals surface area contributed by atoms with Crippen LogP contribution in [-0.4, -0.2) is 13.1 Å². The molecule has 0 bridgehead atoms. The Balaban J connectivity index is 2.13. The summed E-state index contributed by atoms with van der Waals surface area (Å²) in [6.45, 7) is 2.66. The lowest BCUT2D eigenvalue weighted by Gasteiger charge is -2.11. The van der Waals surface area contributed by atoms with E-state index in [2.05, 4.69) is 29.1 Å². The molecule has 4 heteroatoms. The maximum absolute atomic E-state index is 13.3. The van der Waals surface area contributed by atoms with Gasteiger partial charge in [-0.2, -0.15) is 0 Å². The van der Waals surface area contributed by atoms with Crippen molar-refractivity contribution in [3.05, 3.63) is 65.0 Å². The summed E-state index contributed by atoms with van der Waals surface area (Å²) < 4.78 is 17.9. The number of rotatable bonds is 5. The van der Waals surface area contributed by atoms with E-state index in [0.717, 1.165) is 12.0 Å². The molecule has 0 radical (unpaired) electrons. The molecule has 0 saturated heterocycles. The number of carbonyl (C=O) groups is 1. The van der Waals surface area contributed by atoms with E-state index in [0.29, 0.717) is 12.2 Å². The first kappa shape index (κ1) is 15.0. The minimum atomic E-state index is -0.557. The topological polar surface area (TPSA) is 38.3 Å². The van der Waals surface area contributed by atoms with E-state index in [-0.39, 0.29) is 5.56 Å². The van der Waals surface area contributed by atoms with Gasteiger partial charge in [0.15, 0.2) is 0 Å². The third-order valence-corrected chi connectivity index (χ3v) is 3.30. The molecule has 21 heavy (non-hydrogen) atoms. The SMILES string of the molecule is CCc1ccc(CNc2ccc(F)cc2C(=O)OC)cc1. The highest BCUT2D eigenvalue weighted by molar-refractivity contribution is 5.95. The van der Waals surface area contributed by atoms with Crippen LogP contribution in [0, 0.1) is 5.82 Å². The Labute approximate surface area is 123 Å². The summed E-state index contributed by atoms with van der Waals surface area (Å²) in [5.41, 5.74) is 3.12. The molecule has 0 spiro atoms. The van der Waals surface area contributed by atoms with Crippen LogP contribution in [-0.2, 0) is 17.7 Å². The van der Waals surface area contributed by atoms with Gasteiger partial charge in [0.2, 0.25) is 0 Å². The normalized spacial score (nSPS) is 10.2. The number of ether oxygens (including phenoxy) is 1. The van der Waals surface area contributed by atoms with Crippen molar-refractivity contribution in [2.75, 3.05) is 12.4 Å². The zero-order valence-electron chi connectivity index (χ0n) is 12.2. The molecule has 2 aromatic rings. The average Bonchev–Trinajstić information content (AvgIpc) is 2.53. The molecule has 0 aromatic heterocycles. The van der Waals surface area contributed by atoms with Crippen LogP contribution < -0.4 is 5.32 Å². The first-order valence-electron chi connectivity index (χ1n) is 6.83. The Morgan fingerprint density at radius 1 is 1.14 bits per heavy atom. The van der Waals surface area contributed by atoms with E-state index in [1.807, 2.05) is 12.1 Å². The first-order chi connectivity index (χ1) is 10.1. The van der Waals surface area contributed by atoms with E-state index in [1.165, 1.54) is 24.8 Å². The van der Waals surface area contributed by atoms with Crippen molar-refractivity contribution >= 4 is 11.7 Å². The lowest BCUT2D eigenvalue weighted by atomic mass is 10.1. The number of halogens is 1. The fourth-order valence-corrected chi connectivity index (χ4v) is 2.04. The fourth-order valence-electron chi connectivity index (χ4n) is 2.04. The molecule has 110 valence electrons. The smallest absolute Gasteiger partial charge is 0.340 e. The second kappa shape index (κ2) is 6.88. The zero-order chi connectivity index (χ0) is 15.2. The van der Waals surface area contributed by atoms with E-state index in [9.17, 15) is 9.18 Å². The van der Waals surface area contributed by atoms with Crippen LogP contribution in [0.25, 0.3) is 0 Å². The van der Waals surface area contributed by atoms with Gasteiger partial charge in [0.25, 0.3) is 0 Å². The van der Waals surface area contributed by atoms with Gasteiger partial charge < -0.3 is 10.1 Å². The Kier molecular flexibility index (Phi) is 4.93. The van der Waals surface area contributed by atoms with Crippen molar-refractivity contribution in [1.82, 2.24) is 0 Å². The molecule has 2 rings (SSSR count). The quantitative estimate of drug-likeness (QED) is 0.850. The number of carbonyl (C=O) groups excluding carboxylic acids is 1. The average molecular weight is 287 g/mol. The van der Waals surface area contributed by atoms with E-state index < -0.39 is 11.8 Å². The van der Waals surface area contributed by atoms with E-state index >= 15 is 0 Å². The monoisotopic (exact) mass is 287 g/mol. The lowest BCUT2D eigenvalue weighted by Crippen LogP contribution is -2.08. The molecule has 0 aliphatic rings. The largest absolute Gasteiger partial charge is 0.465 e. The number of aryl methyl sites for hydroxylation is 1. The fraction of sp³-hybridized carbons (Fsp3) is 0.235. The molecular formula is C17H18FNO2. The Morgan fingerprint density at radius 2 is 1.81 bits per heavy atom. The number of nitrogens with one attached hydrogen (secondary N) is 1. The van der Waals surface area contributed by atoms with Crippen molar-refractivity contribution in [2.24, 2.45) is 0 Å². The minimum Gasteiger partial charge on any atom is -0.465 e. The van der Waals surface area contributed by atoms with E-state index in [1.54, 1.807) is 6.07 Å².